The van der Waals surface area contributed by atoms with E-state index in [9.17, 15) is 4.79 Å². The molecule has 1 amide bonds. The number of aryl methyl sites for hydroxylation is 2. The number of fused-ring (bicyclic) bond motifs is 1. The molecule has 0 spiro atoms. The predicted molar refractivity (Wildman–Crippen MR) is 95.7 cm³/mol. The Balaban J connectivity index is 1.38. The number of thiophene rings is 1. The quantitative estimate of drug-likeness (QED) is 0.861. The van der Waals surface area contributed by atoms with Crippen molar-refractivity contribution in [1.82, 2.24) is 15.1 Å². The molecule has 0 bridgehead atoms. The van der Waals surface area contributed by atoms with Gasteiger partial charge in [0, 0.05) is 37.3 Å². The molecular formula is C18H22N4OS. The molecule has 0 radical (unpaired) electrons. The highest BCUT2D eigenvalue weighted by Crippen LogP contribution is 2.32. The Morgan fingerprint density at radius 1 is 1.33 bits per heavy atom. The van der Waals surface area contributed by atoms with Crippen molar-refractivity contribution in [3.8, 4) is 0 Å². The van der Waals surface area contributed by atoms with Crippen LogP contribution >= 0.6 is 11.3 Å². The lowest BCUT2D eigenvalue weighted by Gasteiger charge is -2.37. The number of carbonyl (C=O) groups excluding carboxylic acids is 1. The van der Waals surface area contributed by atoms with Crippen molar-refractivity contribution in [1.29, 1.82) is 0 Å². The predicted octanol–water partition coefficient (Wildman–Crippen LogP) is 2.77. The summed E-state index contributed by atoms with van der Waals surface area (Å²) in [4.78, 5) is 19.3. The molecular weight excluding hydrogens is 320 g/mol. The average molecular weight is 342 g/mol. The van der Waals surface area contributed by atoms with E-state index in [-0.39, 0.29) is 5.91 Å². The second-order valence-electron chi connectivity index (χ2n) is 6.63. The molecule has 2 aliphatic rings. The molecule has 0 unspecified atom stereocenters. The fourth-order valence-electron chi connectivity index (χ4n) is 3.72. The van der Waals surface area contributed by atoms with E-state index in [0.29, 0.717) is 6.04 Å². The van der Waals surface area contributed by atoms with E-state index >= 15 is 0 Å². The first kappa shape index (κ1) is 15.6. The summed E-state index contributed by atoms with van der Waals surface area (Å²) < 4.78 is 0. The van der Waals surface area contributed by atoms with E-state index in [2.05, 4.69) is 28.2 Å². The maximum Gasteiger partial charge on any atom is 0.263 e. The lowest BCUT2D eigenvalue weighted by Crippen LogP contribution is -2.45. The van der Waals surface area contributed by atoms with Crippen LogP contribution in [-0.4, -0.2) is 47.2 Å². The van der Waals surface area contributed by atoms with E-state index < -0.39 is 0 Å². The van der Waals surface area contributed by atoms with Crippen molar-refractivity contribution in [2.45, 2.75) is 38.1 Å². The Morgan fingerprint density at radius 3 is 2.88 bits per heavy atom. The Hall–Kier alpha value is -1.95. The van der Waals surface area contributed by atoms with E-state index in [4.69, 9.17) is 0 Å². The number of rotatable bonds is 3. The topological polar surface area (TPSA) is 49.3 Å². The first-order valence-corrected chi connectivity index (χ1v) is 9.45. The van der Waals surface area contributed by atoms with Crippen LogP contribution in [0.1, 0.15) is 39.4 Å². The molecule has 1 fully saturated rings. The van der Waals surface area contributed by atoms with Gasteiger partial charge in [-0.3, -0.25) is 4.79 Å². The van der Waals surface area contributed by atoms with Gasteiger partial charge in [0.15, 0.2) is 5.82 Å². The molecule has 126 valence electrons. The third kappa shape index (κ3) is 2.90. The van der Waals surface area contributed by atoms with E-state index in [1.807, 2.05) is 17.0 Å². The molecule has 2 aromatic rings. The fourth-order valence-corrected chi connectivity index (χ4v) is 4.94. The van der Waals surface area contributed by atoms with Gasteiger partial charge in [-0.15, -0.1) is 16.4 Å². The van der Waals surface area contributed by atoms with Gasteiger partial charge in [0.2, 0.25) is 0 Å². The lowest BCUT2D eigenvalue weighted by atomic mass is 10.0. The Bertz CT molecular complexity index is 700. The van der Waals surface area contributed by atoms with Gasteiger partial charge in [-0.05, 0) is 55.9 Å². The summed E-state index contributed by atoms with van der Waals surface area (Å²) in [5, 5.41) is 8.13. The normalized spacial score (nSPS) is 17.8. The highest BCUT2D eigenvalue weighted by atomic mass is 32.1. The molecule has 0 atom stereocenters. The van der Waals surface area contributed by atoms with Crippen LogP contribution in [0.3, 0.4) is 0 Å². The van der Waals surface area contributed by atoms with Crippen LogP contribution in [-0.2, 0) is 12.8 Å². The Kier molecular flexibility index (Phi) is 4.22. The van der Waals surface area contributed by atoms with Gasteiger partial charge in [0.05, 0.1) is 4.88 Å². The van der Waals surface area contributed by atoms with Crippen molar-refractivity contribution < 1.29 is 4.79 Å². The van der Waals surface area contributed by atoms with E-state index in [0.717, 1.165) is 49.5 Å². The number of piperidine rings is 1. The molecule has 1 aliphatic heterocycles. The van der Waals surface area contributed by atoms with Gasteiger partial charge < -0.3 is 9.80 Å². The van der Waals surface area contributed by atoms with Crippen LogP contribution in [0.4, 0.5) is 5.82 Å². The number of nitrogens with zero attached hydrogens (tertiary/aromatic N) is 4. The maximum absolute atomic E-state index is 12.8. The zero-order valence-electron chi connectivity index (χ0n) is 13.9. The third-order valence-electron chi connectivity index (χ3n) is 5.18. The highest BCUT2D eigenvalue weighted by molar-refractivity contribution is 7.14. The largest absolute Gasteiger partial charge is 0.355 e. The van der Waals surface area contributed by atoms with Crippen LogP contribution < -0.4 is 4.90 Å². The fraction of sp³-hybridized carbons (Fsp3) is 0.500. The monoisotopic (exact) mass is 342 g/mol. The van der Waals surface area contributed by atoms with Crippen LogP contribution in [0.2, 0.25) is 0 Å². The molecule has 0 saturated carbocycles. The third-order valence-corrected chi connectivity index (χ3v) is 6.40. The average Bonchev–Trinajstić information content (AvgIpc) is 3.23. The highest BCUT2D eigenvalue weighted by Gasteiger charge is 2.28. The molecule has 2 aromatic heterocycles. The number of anilines is 1. The van der Waals surface area contributed by atoms with Crippen molar-refractivity contribution in [3.63, 3.8) is 0 Å². The van der Waals surface area contributed by atoms with Gasteiger partial charge in [0.25, 0.3) is 5.91 Å². The molecule has 24 heavy (non-hydrogen) atoms. The second-order valence-corrected chi connectivity index (χ2v) is 7.77. The van der Waals surface area contributed by atoms with Crippen molar-refractivity contribution >= 4 is 23.1 Å². The van der Waals surface area contributed by atoms with Crippen LogP contribution in [0, 0.1) is 0 Å². The van der Waals surface area contributed by atoms with E-state index in [1.54, 1.807) is 17.5 Å². The van der Waals surface area contributed by atoms with Crippen LogP contribution in [0.15, 0.2) is 24.4 Å². The summed E-state index contributed by atoms with van der Waals surface area (Å²) >= 11 is 1.71. The zero-order chi connectivity index (χ0) is 16.5. The van der Waals surface area contributed by atoms with Crippen molar-refractivity contribution in [3.05, 3.63) is 39.7 Å². The first-order chi connectivity index (χ1) is 11.7. The van der Waals surface area contributed by atoms with Gasteiger partial charge in [-0.25, -0.2) is 0 Å². The van der Waals surface area contributed by atoms with Gasteiger partial charge in [0.1, 0.15) is 0 Å². The number of carbonyl (C=O) groups is 1. The summed E-state index contributed by atoms with van der Waals surface area (Å²) in [5.41, 5.74) is 1.40. The molecule has 3 heterocycles. The molecule has 6 heteroatoms. The molecule has 1 aliphatic carbocycles. The molecule has 1 saturated heterocycles. The molecule has 0 aromatic carbocycles. The van der Waals surface area contributed by atoms with Crippen molar-refractivity contribution in [2.24, 2.45) is 0 Å². The van der Waals surface area contributed by atoms with Gasteiger partial charge in [-0.2, -0.15) is 5.10 Å². The summed E-state index contributed by atoms with van der Waals surface area (Å²) in [6, 6.07) is 6.44. The summed E-state index contributed by atoms with van der Waals surface area (Å²) in [6.45, 7) is 1.63. The van der Waals surface area contributed by atoms with Crippen molar-refractivity contribution in [2.75, 3.05) is 25.0 Å². The molecule has 4 rings (SSSR count). The van der Waals surface area contributed by atoms with E-state index in [1.165, 1.54) is 16.9 Å². The Labute approximate surface area is 146 Å². The van der Waals surface area contributed by atoms with Crippen LogP contribution in [0.25, 0.3) is 0 Å². The number of hydrogen-bond acceptors (Lipinski definition) is 5. The maximum atomic E-state index is 12.8. The minimum atomic E-state index is 0.218. The SMILES string of the molecule is CN(c1cccnn1)C1CCN(C(=O)c2cc3c(s2)CCC3)CC1. The van der Waals surface area contributed by atoms with Gasteiger partial charge in [-0.1, -0.05) is 0 Å². The minimum Gasteiger partial charge on any atom is -0.355 e. The van der Waals surface area contributed by atoms with Crippen LogP contribution in [0.5, 0.6) is 0 Å². The Morgan fingerprint density at radius 2 is 2.17 bits per heavy atom. The number of aromatic nitrogens is 2. The summed E-state index contributed by atoms with van der Waals surface area (Å²) in [7, 11) is 2.07. The summed E-state index contributed by atoms with van der Waals surface area (Å²) in [6.07, 6.45) is 7.18. The number of hydrogen-bond donors (Lipinski definition) is 0. The lowest BCUT2D eigenvalue weighted by molar-refractivity contribution is 0.0718. The second kappa shape index (κ2) is 6.51. The standard InChI is InChI=1S/C18H22N4OS/c1-21(17-6-3-9-19-20-17)14-7-10-22(11-8-14)18(23)16-12-13-4-2-5-15(13)24-16/h3,6,9,12,14H,2,4-5,7-8,10-11H2,1H3. The molecule has 5 nitrogen and oxygen atoms in total. The number of amides is 1. The first-order valence-electron chi connectivity index (χ1n) is 8.64. The summed E-state index contributed by atoms with van der Waals surface area (Å²) in [5.74, 6) is 1.12. The number of likely N-dealkylation sites (tertiary alicyclic amines) is 1. The minimum absolute atomic E-state index is 0.218. The molecule has 0 N–H and O–H groups in total. The van der Waals surface area contributed by atoms with Gasteiger partial charge >= 0.3 is 0 Å². The zero-order valence-corrected chi connectivity index (χ0v) is 14.8. The smallest absolute Gasteiger partial charge is 0.263 e.